The van der Waals surface area contributed by atoms with Gasteiger partial charge in [0, 0.05) is 10.9 Å². The normalized spacial score (nSPS) is 24.0. The Labute approximate surface area is 130 Å². The highest BCUT2D eigenvalue weighted by molar-refractivity contribution is 6.30. The van der Waals surface area contributed by atoms with Crippen LogP contribution in [-0.2, 0) is 0 Å². The van der Waals surface area contributed by atoms with Gasteiger partial charge in [0.15, 0.2) is 0 Å². The minimum absolute atomic E-state index is 0.501. The number of nitrogens with zero attached hydrogens (tertiary/aromatic N) is 2. The van der Waals surface area contributed by atoms with Crippen molar-refractivity contribution in [3.05, 3.63) is 65.2 Å². The van der Waals surface area contributed by atoms with Crippen LogP contribution in [-0.4, -0.2) is 11.8 Å². The van der Waals surface area contributed by atoms with E-state index in [4.69, 9.17) is 16.7 Å². The molecule has 0 N–H and O–H groups in total. The zero-order valence-corrected chi connectivity index (χ0v) is 12.5. The molecule has 0 bridgehead atoms. The first kappa shape index (κ1) is 12.9. The summed E-state index contributed by atoms with van der Waals surface area (Å²) in [5.74, 6) is 0.558. The van der Waals surface area contributed by atoms with Gasteiger partial charge in [-0.05, 0) is 42.7 Å². The highest BCUT2D eigenvalue weighted by atomic mass is 35.5. The van der Waals surface area contributed by atoms with Gasteiger partial charge in [0.25, 0.3) is 0 Å². The summed E-state index contributed by atoms with van der Waals surface area (Å²) < 4.78 is 0. The number of benzene rings is 2. The minimum atomic E-state index is 0.501. The minimum Gasteiger partial charge on any atom is -0.262 e. The van der Waals surface area contributed by atoms with Gasteiger partial charge < -0.3 is 0 Å². The van der Waals surface area contributed by atoms with E-state index in [-0.39, 0.29) is 0 Å². The largest absolute Gasteiger partial charge is 0.262 e. The van der Waals surface area contributed by atoms with Gasteiger partial charge >= 0.3 is 0 Å². The molecule has 0 saturated heterocycles. The van der Waals surface area contributed by atoms with Crippen molar-refractivity contribution in [2.24, 2.45) is 11.0 Å². The van der Waals surface area contributed by atoms with Crippen LogP contribution in [0.5, 0.6) is 0 Å². The van der Waals surface area contributed by atoms with Crippen LogP contribution in [0.1, 0.15) is 24.8 Å². The molecule has 2 atom stereocenters. The lowest BCUT2D eigenvalue weighted by Crippen LogP contribution is -2.29. The molecule has 1 heterocycles. The Morgan fingerprint density at radius 3 is 2.48 bits per heavy atom. The molecule has 2 aromatic rings. The fourth-order valence-corrected chi connectivity index (χ4v) is 3.67. The van der Waals surface area contributed by atoms with Gasteiger partial charge in [-0.2, -0.15) is 5.10 Å². The van der Waals surface area contributed by atoms with Crippen molar-refractivity contribution < 1.29 is 0 Å². The van der Waals surface area contributed by atoms with Crippen LogP contribution in [0.2, 0.25) is 5.02 Å². The molecular weight excluding hydrogens is 280 g/mol. The summed E-state index contributed by atoms with van der Waals surface area (Å²) in [6, 6.07) is 19.1. The standard InChI is InChI=1S/C18H17ClN2/c19-14-9-11-15(12-10-14)21-17-8-4-7-16(17)18(20-21)13-5-2-1-3-6-13/h1-3,5-6,9-12,16-17H,4,7-8H2. The third-order valence-electron chi connectivity index (χ3n) is 4.52. The van der Waals surface area contributed by atoms with Gasteiger partial charge in [-0.3, -0.25) is 5.01 Å². The van der Waals surface area contributed by atoms with Crippen molar-refractivity contribution in [3.63, 3.8) is 0 Å². The number of fused-ring (bicyclic) bond motifs is 1. The second-order valence-corrected chi connectivity index (χ2v) is 6.21. The van der Waals surface area contributed by atoms with Crippen molar-refractivity contribution >= 4 is 23.0 Å². The van der Waals surface area contributed by atoms with Crippen LogP contribution in [0.15, 0.2) is 59.7 Å². The molecule has 2 unspecified atom stereocenters. The van der Waals surface area contributed by atoms with Crippen molar-refractivity contribution in [2.45, 2.75) is 25.3 Å². The quantitative estimate of drug-likeness (QED) is 0.782. The molecule has 21 heavy (non-hydrogen) atoms. The monoisotopic (exact) mass is 296 g/mol. The molecule has 1 aliphatic heterocycles. The van der Waals surface area contributed by atoms with Crippen LogP contribution in [0.25, 0.3) is 0 Å². The van der Waals surface area contributed by atoms with Crippen molar-refractivity contribution in [2.75, 3.05) is 5.01 Å². The predicted molar refractivity (Wildman–Crippen MR) is 88.0 cm³/mol. The Kier molecular flexibility index (Phi) is 3.19. The third-order valence-corrected chi connectivity index (χ3v) is 4.77. The second-order valence-electron chi connectivity index (χ2n) is 5.78. The highest BCUT2D eigenvalue weighted by Gasteiger charge is 2.41. The maximum absolute atomic E-state index is 6.00. The predicted octanol–water partition coefficient (Wildman–Crippen LogP) is 4.73. The lowest BCUT2D eigenvalue weighted by Gasteiger charge is -2.22. The molecule has 106 valence electrons. The molecule has 2 aromatic carbocycles. The summed E-state index contributed by atoms with van der Waals surface area (Å²) >= 11 is 6.00. The van der Waals surface area contributed by atoms with Gasteiger partial charge in [0.05, 0.1) is 17.4 Å². The summed E-state index contributed by atoms with van der Waals surface area (Å²) in [6.45, 7) is 0. The van der Waals surface area contributed by atoms with E-state index in [0.29, 0.717) is 12.0 Å². The van der Waals surface area contributed by atoms with E-state index in [1.165, 1.54) is 30.5 Å². The first-order valence-electron chi connectivity index (χ1n) is 7.51. The summed E-state index contributed by atoms with van der Waals surface area (Å²) in [6.07, 6.45) is 3.74. The van der Waals surface area contributed by atoms with Gasteiger partial charge in [0.1, 0.15) is 0 Å². The SMILES string of the molecule is Clc1ccc(N2N=C(c3ccccc3)C3CCCC32)cc1. The summed E-state index contributed by atoms with van der Waals surface area (Å²) in [5, 5.41) is 7.93. The Morgan fingerprint density at radius 2 is 1.71 bits per heavy atom. The Hall–Kier alpha value is -1.80. The topological polar surface area (TPSA) is 15.6 Å². The van der Waals surface area contributed by atoms with E-state index in [2.05, 4.69) is 47.5 Å². The van der Waals surface area contributed by atoms with E-state index in [1.54, 1.807) is 0 Å². The number of halogens is 1. The van der Waals surface area contributed by atoms with Crippen LogP contribution >= 0.6 is 11.6 Å². The number of hydrazone groups is 1. The van der Waals surface area contributed by atoms with Crippen LogP contribution in [0.3, 0.4) is 0 Å². The molecule has 0 amide bonds. The zero-order chi connectivity index (χ0) is 14.2. The molecule has 0 aromatic heterocycles. The molecule has 2 aliphatic rings. The van der Waals surface area contributed by atoms with Gasteiger partial charge in [-0.1, -0.05) is 48.4 Å². The fraction of sp³-hybridized carbons (Fsp3) is 0.278. The number of rotatable bonds is 2. The molecular formula is C18H17ClN2. The summed E-state index contributed by atoms with van der Waals surface area (Å²) in [5.41, 5.74) is 3.64. The number of hydrogen-bond acceptors (Lipinski definition) is 2. The molecule has 2 nitrogen and oxygen atoms in total. The average Bonchev–Trinajstić information content (AvgIpc) is 3.11. The molecule has 1 aliphatic carbocycles. The van der Waals surface area contributed by atoms with Gasteiger partial charge in [-0.25, -0.2) is 0 Å². The van der Waals surface area contributed by atoms with Crippen molar-refractivity contribution in [1.29, 1.82) is 0 Å². The van der Waals surface area contributed by atoms with Gasteiger partial charge in [0.2, 0.25) is 0 Å². The summed E-state index contributed by atoms with van der Waals surface area (Å²) in [4.78, 5) is 0. The first-order chi connectivity index (χ1) is 10.3. The molecule has 1 fully saturated rings. The van der Waals surface area contributed by atoms with E-state index in [1.807, 2.05) is 12.1 Å². The van der Waals surface area contributed by atoms with E-state index in [9.17, 15) is 0 Å². The van der Waals surface area contributed by atoms with Gasteiger partial charge in [-0.15, -0.1) is 0 Å². The lowest BCUT2D eigenvalue weighted by atomic mass is 9.93. The smallest absolute Gasteiger partial charge is 0.0734 e. The Bertz CT molecular complexity index is 663. The molecule has 4 rings (SSSR count). The van der Waals surface area contributed by atoms with Crippen molar-refractivity contribution in [1.82, 2.24) is 0 Å². The maximum atomic E-state index is 6.00. The Balaban J connectivity index is 1.74. The first-order valence-corrected chi connectivity index (χ1v) is 7.89. The second kappa shape index (κ2) is 5.19. The number of anilines is 1. The molecule has 1 saturated carbocycles. The Morgan fingerprint density at radius 1 is 0.952 bits per heavy atom. The van der Waals surface area contributed by atoms with E-state index in [0.717, 1.165) is 10.7 Å². The van der Waals surface area contributed by atoms with Crippen LogP contribution < -0.4 is 5.01 Å². The average molecular weight is 297 g/mol. The fourth-order valence-electron chi connectivity index (χ4n) is 3.54. The third kappa shape index (κ3) is 2.24. The van der Waals surface area contributed by atoms with Crippen LogP contribution in [0, 0.1) is 5.92 Å². The molecule has 0 radical (unpaired) electrons. The maximum Gasteiger partial charge on any atom is 0.0734 e. The summed E-state index contributed by atoms with van der Waals surface area (Å²) in [7, 11) is 0. The highest BCUT2D eigenvalue weighted by Crippen LogP contribution is 2.40. The molecule has 0 spiro atoms. The van der Waals surface area contributed by atoms with Crippen molar-refractivity contribution in [3.8, 4) is 0 Å². The number of hydrogen-bond donors (Lipinski definition) is 0. The zero-order valence-electron chi connectivity index (χ0n) is 11.7. The van der Waals surface area contributed by atoms with E-state index < -0.39 is 0 Å². The lowest BCUT2D eigenvalue weighted by molar-refractivity contribution is 0.602. The molecule has 3 heteroatoms. The van der Waals surface area contributed by atoms with Crippen LogP contribution in [0.4, 0.5) is 5.69 Å². The van der Waals surface area contributed by atoms with E-state index >= 15 is 0 Å².